The predicted molar refractivity (Wildman–Crippen MR) is 61.9 cm³/mol. The normalized spacial score (nSPS) is 11.5. The summed E-state index contributed by atoms with van der Waals surface area (Å²) < 4.78 is 13.2. The van der Waals surface area contributed by atoms with Crippen molar-refractivity contribution in [3.8, 4) is 0 Å². The number of hydrogen-bond donors (Lipinski definition) is 1. The molecule has 0 aliphatic carbocycles. The molecule has 0 aliphatic heterocycles. The molecule has 0 unspecified atom stereocenters. The monoisotopic (exact) mass is 243 g/mol. The zero-order valence-corrected chi connectivity index (χ0v) is 9.33. The molecule has 0 aliphatic rings. The van der Waals surface area contributed by atoms with E-state index in [2.05, 4.69) is 4.99 Å². The van der Waals surface area contributed by atoms with Crippen molar-refractivity contribution in [1.82, 2.24) is 0 Å². The minimum Gasteiger partial charge on any atom is -0.379 e. The van der Waals surface area contributed by atoms with Gasteiger partial charge in [0.25, 0.3) is 5.69 Å². The molecular weight excluding hydrogens is 233 g/mol. The molecule has 0 spiro atoms. The van der Waals surface area contributed by atoms with E-state index in [0.29, 0.717) is 5.17 Å². The van der Waals surface area contributed by atoms with Crippen LogP contribution in [0.15, 0.2) is 23.2 Å². The number of nitro groups is 1. The highest BCUT2D eigenvalue weighted by Crippen LogP contribution is 2.17. The van der Waals surface area contributed by atoms with E-state index in [4.69, 9.17) is 5.73 Å². The molecule has 0 bridgehead atoms. The molecule has 5 nitrogen and oxygen atoms in total. The molecule has 0 saturated heterocycles. The van der Waals surface area contributed by atoms with Gasteiger partial charge in [-0.15, -0.1) is 0 Å². The Balaban J connectivity index is 2.94. The van der Waals surface area contributed by atoms with Gasteiger partial charge >= 0.3 is 0 Å². The number of rotatable bonds is 3. The molecule has 0 fully saturated rings. The highest BCUT2D eigenvalue weighted by Gasteiger charge is 2.10. The topological polar surface area (TPSA) is 81.5 Å². The average Bonchev–Trinajstić information content (AvgIpc) is 2.27. The number of hydrogen-bond acceptors (Lipinski definition) is 4. The van der Waals surface area contributed by atoms with Crippen LogP contribution in [0.5, 0.6) is 0 Å². The number of nitrogens with zero attached hydrogens (tertiary/aromatic N) is 2. The molecule has 0 radical (unpaired) electrons. The molecule has 0 aromatic heterocycles. The van der Waals surface area contributed by atoms with E-state index in [1.54, 1.807) is 6.26 Å². The van der Waals surface area contributed by atoms with Crippen LogP contribution in [0.3, 0.4) is 0 Å². The number of aliphatic imine (C=N–C) groups is 1. The first kappa shape index (κ1) is 12.4. The predicted octanol–water partition coefficient (Wildman–Crippen LogP) is 1.91. The number of nitrogens with two attached hydrogens (primary N) is 1. The molecule has 0 heterocycles. The van der Waals surface area contributed by atoms with Crippen LogP contribution in [0, 0.1) is 15.9 Å². The standard InChI is InChI=1S/C9H10FN3O2S/c1-16-9(11)12-5-6-4-7(13(14)15)2-3-8(6)10/h2-4H,5H2,1H3,(H2,11,12). The molecule has 1 rings (SSSR count). The molecule has 0 saturated carbocycles. The quantitative estimate of drug-likeness (QED) is 0.380. The van der Waals surface area contributed by atoms with E-state index >= 15 is 0 Å². The average molecular weight is 243 g/mol. The molecule has 1 aromatic carbocycles. The minimum absolute atomic E-state index is 0.000185. The van der Waals surface area contributed by atoms with Crippen molar-refractivity contribution >= 4 is 22.6 Å². The number of amidine groups is 1. The molecule has 86 valence electrons. The first-order valence-corrected chi connectivity index (χ1v) is 5.53. The molecular formula is C9H10FN3O2S. The van der Waals surface area contributed by atoms with Gasteiger partial charge in [0.05, 0.1) is 11.5 Å². The first-order valence-electron chi connectivity index (χ1n) is 4.31. The fraction of sp³-hybridized carbons (Fsp3) is 0.222. The Kier molecular flexibility index (Phi) is 4.24. The lowest BCUT2D eigenvalue weighted by atomic mass is 10.2. The molecule has 0 atom stereocenters. The third-order valence-corrected chi connectivity index (χ3v) is 2.40. The van der Waals surface area contributed by atoms with E-state index in [0.717, 1.165) is 18.2 Å². The van der Waals surface area contributed by atoms with E-state index in [9.17, 15) is 14.5 Å². The van der Waals surface area contributed by atoms with Crippen LogP contribution in [-0.2, 0) is 6.54 Å². The van der Waals surface area contributed by atoms with Crippen LogP contribution in [0.1, 0.15) is 5.56 Å². The fourth-order valence-corrected chi connectivity index (χ4v) is 1.22. The number of thioether (sulfide) groups is 1. The fourth-order valence-electron chi connectivity index (χ4n) is 1.02. The summed E-state index contributed by atoms with van der Waals surface area (Å²) in [5, 5.41) is 10.8. The summed E-state index contributed by atoms with van der Waals surface area (Å²) in [5.74, 6) is -0.525. The number of nitro benzene ring substituents is 1. The lowest BCUT2D eigenvalue weighted by Crippen LogP contribution is -2.06. The van der Waals surface area contributed by atoms with Crippen molar-refractivity contribution in [2.24, 2.45) is 10.7 Å². The second kappa shape index (κ2) is 5.45. The number of non-ortho nitro benzene ring substituents is 1. The van der Waals surface area contributed by atoms with Gasteiger partial charge in [-0.2, -0.15) is 0 Å². The summed E-state index contributed by atoms with van der Waals surface area (Å²) in [6, 6.07) is 3.32. The van der Waals surface area contributed by atoms with Crippen LogP contribution in [0.25, 0.3) is 0 Å². The maximum atomic E-state index is 13.2. The van der Waals surface area contributed by atoms with Gasteiger partial charge in [-0.3, -0.25) is 15.1 Å². The van der Waals surface area contributed by atoms with Crippen LogP contribution in [-0.4, -0.2) is 16.3 Å². The Labute approximate surface area is 95.7 Å². The second-order valence-electron chi connectivity index (χ2n) is 2.89. The summed E-state index contributed by atoms with van der Waals surface area (Å²) in [6.45, 7) is 0.000185. The zero-order chi connectivity index (χ0) is 12.1. The van der Waals surface area contributed by atoms with Gasteiger partial charge in [0.1, 0.15) is 5.82 Å². The van der Waals surface area contributed by atoms with Gasteiger partial charge in [-0.25, -0.2) is 4.39 Å². The smallest absolute Gasteiger partial charge is 0.269 e. The highest BCUT2D eigenvalue weighted by atomic mass is 32.2. The van der Waals surface area contributed by atoms with Crippen molar-refractivity contribution in [2.45, 2.75) is 6.54 Å². The van der Waals surface area contributed by atoms with Crippen molar-refractivity contribution in [3.63, 3.8) is 0 Å². The molecule has 7 heteroatoms. The van der Waals surface area contributed by atoms with Crippen molar-refractivity contribution in [1.29, 1.82) is 0 Å². The van der Waals surface area contributed by atoms with Gasteiger partial charge in [-0.1, -0.05) is 11.8 Å². The minimum atomic E-state index is -0.579. The first-order chi connectivity index (χ1) is 7.54. The van der Waals surface area contributed by atoms with Gasteiger partial charge in [0, 0.05) is 17.7 Å². The molecule has 2 N–H and O–H groups in total. The van der Waals surface area contributed by atoms with Crippen molar-refractivity contribution < 1.29 is 9.31 Å². The number of benzene rings is 1. The van der Waals surface area contributed by atoms with Crippen LogP contribution in [0.4, 0.5) is 10.1 Å². The Morgan fingerprint density at radius 2 is 2.38 bits per heavy atom. The van der Waals surface area contributed by atoms with E-state index in [1.807, 2.05) is 0 Å². The lowest BCUT2D eigenvalue weighted by molar-refractivity contribution is -0.385. The van der Waals surface area contributed by atoms with Crippen molar-refractivity contribution in [3.05, 3.63) is 39.7 Å². The Bertz CT molecular complexity index is 437. The number of halogens is 1. The van der Waals surface area contributed by atoms with E-state index in [-0.39, 0.29) is 17.8 Å². The van der Waals surface area contributed by atoms with Gasteiger partial charge in [0.15, 0.2) is 5.17 Å². The van der Waals surface area contributed by atoms with Crippen LogP contribution < -0.4 is 5.73 Å². The second-order valence-corrected chi connectivity index (χ2v) is 3.72. The van der Waals surface area contributed by atoms with Crippen LogP contribution in [0.2, 0.25) is 0 Å². The van der Waals surface area contributed by atoms with Crippen molar-refractivity contribution in [2.75, 3.05) is 6.26 Å². The summed E-state index contributed by atoms with van der Waals surface area (Å²) in [4.78, 5) is 13.8. The zero-order valence-electron chi connectivity index (χ0n) is 8.51. The SMILES string of the molecule is CSC(N)=NCc1cc([N+](=O)[O-])ccc1F. The Morgan fingerprint density at radius 1 is 1.69 bits per heavy atom. The maximum absolute atomic E-state index is 13.2. The molecule has 16 heavy (non-hydrogen) atoms. The van der Waals surface area contributed by atoms with Gasteiger partial charge in [-0.05, 0) is 12.3 Å². The summed E-state index contributed by atoms with van der Waals surface area (Å²) in [6.07, 6.45) is 1.74. The van der Waals surface area contributed by atoms with Gasteiger partial charge < -0.3 is 5.73 Å². The Hall–Kier alpha value is -1.63. The Morgan fingerprint density at radius 3 is 2.94 bits per heavy atom. The highest BCUT2D eigenvalue weighted by molar-refractivity contribution is 8.13. The molecule has 0 amide bonds. The largest absolute Gasteiger partial charge is 0.379 e. The lowest BCUT2D eigenvalue weighted by Gasteiger charge is -2.00. The maximum Gasteiger partial charge on any atom is 0.269 e. The third-order valence-electron chi connectivity index (χ3n) is 1.85. The summed E-state index contributed by atoms with van der Waals surface area (Å²) >= 11 is 1.23. The third kappa shape index (κ3) is 3.20. The van der Waals surface area contributed by atoms with E-state index < -0.39 is 10.7 Å². The van der Waals surface area contributed by atoms with Crippen LogP contribution >= 0.6 is 11.8 Å². The summed E-state index contributed by atoms with van der Waals surface area (Å²) in [5.41, 5.74) is 5.43. The summed E-state index contributed by atoms with van der Waals surface area (Å²) in [7, 11) is 0. The molecule has 1 aromatic rings. The van der Waals surface area contributed by atoms with Gasteiger partial charge in [0.2, 0.25) is 0 Å². The van der Waals surface area contributed by atoms with E-state index in [1.165, 1.54) is 11.8 Å².